The van der Waals surface area contributed by atoms with Crippen LogP contribution in [0.3, 0.4) is 0 Å². The number of halogens is 3. The number of benzene rings is 1. The molecule has 0 spiro atoms. The minimum absolute atomic E-state index is 0.0484. The second-order valence-electron chi connectivity index (χ2n) is 3.62. The molecule has 1 atom stereocenters. The molecule has 0 aliphatic carbocycles. The summed E-state index contributed by atoms with van der Waals surface area (Å²) in [6.07, 6.45) is 1.70. The maximum atomic E-state index is 6.08. The van der Waals surface area contributed by atoms with Crippen LogP contribution < -0.4 is 5.32 Å². The van der Waals surface area contributed by atoms with Crippen LogP contribution in [-0.4, -0.2) is 10.2 Å². The smallest absolute Gasteiger partial charge is 0.0653 e. The van der Waals surface area contributed by atoms with Crippen LogP contribution in [0.4, 0.5) is 5.69 Å². The molecule has 0 amide bonds. The molecule has 2 aromatic rings. The first kappa shape index (κ1) is 12.6. The molecule has 0 radical (unpaired) electrons. The molecule has 17 heavy (non-hydrogen) atoms. The van der Waals surface area contributed by atoms with Crippen molar-refractivity contribution in [2.75, 3.05) is 5.32 Å². The molecule has 0 fully saturated rings. The second-order valence-corrected chi connectivity index (χ2v) is 4.85. The maximum Gasteiger partial charge on any atom is 0.0653 e. The third-order valence-electron chi connectivity index (χ3n) is 2.37. The van der Waals surface area contributed by atoms with Crippen LogP contribution in [0.5, 0.6) is 0 Å². The van der Waals surface area contributed by atoms with Crippen molar-refractivity contribution in [3.8, 4) is 0 Å². The summed E-state index contributed by atoms with van der Waals surface area (Å²) in [7, 11) is 0. The fourth-order valence-corrected chi connectivity index (χ4v) is 2.05. The van der Waals surface area contributed by atoms with Gasteiger partial charge in [-0.05, 0) is 25.1 Å². The van der Waals surface area contributed by atoms with Crippen LogP contribution >= 0.6 is 34.8 Å². The van der Waals surface area contributed by atoms with Crippen molar-refractivity contribution in [1.29, 1.82) is 0 Å². The molecule has 2 N–H and O–H groups in total. The first-order valence-corrected chi connectivity index (χ1v) is 6.11. The van der Waals surface area contributed by atoms with Crippen molar-refractivity contribution >= 4 is 40.5 Å². The second kappa shape index (κ2) is 5.17. The summed E-state index contributed by atoms with van der Waals surface area (Å²) in [4.78, 5) is 0. The summed E-state index contributed by atoms with van der Waals surface area (Å²) >= 11 is 17.9. The van der Waals surface area contributed by atoms with Crippen LogP contribution in [-0.2, 0) is 0 Å². The monoisotopic (exact) mass is 289 g/mol. The van der Waals surface area contributed by atoms with Crippen molar-refractivity contribution in [3.63, 3.8) is 0 Å². The number of aromatic nitrogens is 2. The Morgan fingerprint density at radius 1 is 1.18 bits per heavy atom. The van der Waals surface area contributed by atoms with Gasteiger partial charge >= 0.3 is 0 Å². The van der Waals surface area contributed by atoms with E-state index in [0.717, 1.165) is 11.4 Å². The van der Waals surface area contributed by atoms with Crippen LogP contribution in [0.2, 0.25) is 15.1 Å². The van der Waals surface area contributed by atoms with Crippen molar-refractivity contribution in [3.05, 3.63) is 45.2 Å². The van der Waals surface area contributed by atoms with Crippen molar-refractivity contribution in [2.24, 2.45) is 0 Å². The SMILES string of the molecule is CC(Nc1cc(Cl)c(Cl)cc1Cl)c1ccn[nH]1. The minimum Gasteiger partial charge on any atom is -0.376 e. The molecule has 1 aromatic heterocycles. The zero-order chi connectivity index (χ0) is 12.4. The number of hydrogen-bond donors (Lipinski definition) is 2. The number of hydrogen-bond acceptors (Lipinski definition) is 2. The summed E-state index contributed by atoms with van der Waals surface area (Å²) in [5.74, 6) is 0. The minimum atomic E-state index is 0.0484. The Balaban J connectivity index is 2.22. The molecular formula is C11H10Cl3N3. The Hall–Kier alpha value is -0.900. The van der Waals surface area contributed by atoms with E-state index in [1.807, 2.05) is 13.0 Å². The normalized spacial score (nSPS) is 12.5. The fourth-order valence-electron chi connectivity index (χ4n) is 1.45. The summed E-state index contributed by atoms with van der Waals surface area (Å²) in [5.41, 5.74) is 1.70. The van der Waals surface area contributed by atoms with E-state index < -0.39 is 0 Å². The van der Waals surface area contributed by atoms with E-state index in [-0.39, 0.29) is 6.04 Å². The zero-order valence-corrected chi connectivity index (χ0v) is 11.2. The molecule has 0 aliphatic rings. The van der Waals surface area contributed by atoms with Crippen molar-refractivity contribution in [2.45, 2.75) is 13.0 Å². The van der Waals surface area contributed by atoms with E-state index in [1.54, 1.807) is 18.3 Å². The van der Waals surface area contributed by atoms with Gasteiger partial charge < -0.3 is 5.32 Å². The van der Waals surface area contributed by atoms with Gasteiger partial charge in [-0.2, -0.15) is 5.10 Å². The zero-order valence-electron chi connectivity index (χ0n) is 8.97. The van der Waals surface area contributed by atoms with E-state index in [2.05, 4.69) is 15.5 Å². The van der Waals surface area contributed by atoms with Crippen LogP contribution in [0.1, 0.15) is 18.7 Å². The first-order valence-electron chi connectivity index (χ1n) is 4.98. The molecule has 1 heterocycles. The summed E-state index contributed by atoms with van der Waals surface area (Å²) in [6.45, 7) is 1.99. The lowest BCUT2D eigenvalue weighted by atomic mass is 10.2. The third kappa shape index (κ3) is 2.86. The molecule has 0 saturated carbocycles. The molecule has 0 aliphatic heterocycles. The lowest BCUT2D eigenvalue weighted by Gasteiger charge is -2.15. The molecular weight excluding hydrogens is 281 g/mol. The van der Waals surface area contributed by atoms with E-state index in [1.165, 1.54) is 0 Å². The first-order chi connectivity index (χ1) is 8.08. The number of rotatable bonds is 3. The van der Waals surface area contributed by atoms with E-state index in [4.69, 9.17) is 34.8 Å². The van der Waals surface area contributed by atoms with E-state index in [0.29, 0.717) is 15.1 Å². The Bertz CT molecular complexity index is 511. The molecule has 1 unspecified atom stereocenters. The number of nitrogens with zero attached hydrogens (tertiary/aromatic N) is 1. The van der Waals surface area contributed by atoms with Gasteiger partial charge in [0.2, 0.25) is 0 Å². The van der Waals surface area contributed by atoms with Crippen molar-refractivity contribution in [1.82, 2.24) is 10.2 Å². The Morgan fingerprint density at radius 3 is 2.53 bits per heavy atom. The summed E-state index contributed by atoms with van der Waals surface area (Å²) in [5, 5.41) is 11.5. The Kier molecular flexibility index (Phi) is 3.82. The van der Waals surface area contributed by atoms with Crippen LogP contribution in [0.15, 0.2) is 24.4 Å². The molecule has 1 aromatic carbocycles. The van der Waals surface area contributed by atoms with Crippen LogP contribution in [0.25, 0.3) is 0 Å². The average molecular weight is 291 g/mol. The molecule has 0 saturated heterocycles. The number of nitrogens with one attached hydrogen (secondary N) is 2. The van der Waals surface area contributed by atoms with E-state index >= 15 is 0 Å². The molecule has 3 nitrogen and oxygen atoms in total. The quantitative estimate of drug-likeness (QED) is 0.815. The van der Waals surface area contributed by atoms with Gasteiger partial charge in [0.1, 0.15) is 0 Å². The predicted molar refractivity (Wildman–Crippen MR) is 72.1 cm³/mol. The van der Waals surface area contributed by atoms with Gasteiger partial charge in [0.15, 0.2) is 0 Å². The topological polar surface area (TPSA) is 40.7 Å². The molecule has 0 bridgehead atoms. The van der Waals surface area contributed by atoms with Gasteiger partial charge in [0, 0.05) is 6.20 Å². The van der Waals surface area contributed by atoms with Gasteiger partial charge in [0.25, 0.3) is 0 Å². The molecule has 2 rings (SSSR count). The van der Waals surface area contributed by atoms with Gasteiger partial charge in [0.05, 0.1) is 32.5 Å². The Morgan fingerprint density at radius 2 is 1.88 bits per heavy atom. The highest BCUT2D eigenvalue weighted by molar-refractivity contribution is 6.44. The highest BCUT2D eigenvalue weighted by Gasteiger charge is 2.10. The maximum absolute atomic E-state index is 6.08. The standard InChI is InChI=1S/C11H10Cl3N3/c1-6(10-2-3-15-17-10)16-11-5-8(13)7(12)4-9(11)14/h2-6,16H,1H3,(H,15,17). The number of aromatic amines is 1. The van der Waals surface area contributed by atoms with Gasteiger partial charge in [-0.15, -0.1) is 0 Å². The van der Waals surface area contributed by atoms with Crippen LogP contribution in [0, 0.1) is 0 Å². The number of H-pyrrole nitrogens is 1. The van der Waals surface area contributed by atoms with Gasteiger partial charge in [-0.3, -0.25) is 5.10 Å². The summed E-state index contributed by atoms with van der Waals surface area (Å²) in [6, 6.07) is 5.27. The lowest BCUT2D eigenvalue weighted by molar-refractivity contribution is 0.826. The highest BCUT2D eigenvalue weighted by Crippen LogP contribution is 2.33. The predicted octanol–water partition coefficient (Wildman–Crippen LogP) is 4.54. The third-order valence-corrected chi connectivity index (χ3v) is 3.41. The van der Waals surface area contributed by atoms with E-state index in [9.17, 15) is 0 Å². The molecule has 6 heteroatoms. The highest BCUT2D eigenvalue weighted by atomic mass is 35.5. The van der Waals surface area contributed by atoms with Gasteiger partial charge in [-0.1, -0.05) is 34.8 Å². The lowest BCUT2D eigenvalue weighted by Crippen LogP contribution is -2.07. The Labute approximate surface area is 114 Å². The molecule has 90 valence electrons. The summed E-state index contributed by atoms with van der Waals surface area (Å²) < 4.78 is 0. The largest absolute Gasteiger partial charge is 0.376 e. The van der Waals surface area contributed by atoms with Gasteiger partial charge in [-0.25, -0.2) is 0 Å². The number of anilines is 1. The fraction of sp³-hybridized carbons (Fsp3) is 0.182. The van der Waals surface area contributed by atoms with Crippen molar-refractivity contribution < 1.29 is 0 Å². The average Bonchev–Trinajstić information content (AvgIpc) is 2.79.